The molecule has 1 fully saturated rings. The van der Waals surface area contributed by atoms with Crippen LogP contribution in [0.2, 0.25) is 0 Å². The largest absolute Gasteiger partial charge is 0.361 e. The molecule has 0 aliphatic carbocycles. The number of aromatic nitrogens is 1. The van der Waals surface area contributed by atoms with Crippen molar-refractivity contribution in [3.8, 4) is 0 Å². The number of piperazine rings is 1. The molecule has 2 amide bonds. The molecule has 1 N–H and O–H groups in total. The summed E-state index contributed by atoms with van der Waals surface area (Å²) in [6.45, 7) is 8.14. The van der Waals surface area contributed by atoms with Crippen molar-refractivity contribution >= 4 is 23.2 Å². The van der Waals surface area contributed by atoms with Crippen LogP contribution in [0, 0.1) is 13.8 Å². The summed E-state index contributed by atoms with van der Waals surface area (Å²) in [6.07, 6.45) is 0.334. The zero-order chi connectivity index (χ0) is 18.5. The maximum atomic E-state index is 12.3. The Morgan fingerprint density at radius 1 is 1.27 bits per heavy atom. The van der Waals surface area contributed by atoms with Gasteiger partial charge in [0.2, 0.25) is 5.91 Å². The summed E-state index contributed by atoms with van der Waals surface area (Å²) >= 11 is 1.40. The van der Waals surface area contributed by atoms with Crippen LogP contribution in [0.5, 0.6) is 0 Å². The molecule has 0 radical (unpaired) electrons. The number of nitrogens with one attached hydrogen (secondary N) is 1. The fourth-order valence-corrected chi connectivity index (χ4v) is 3.68. The molecular formula is C18H24N4O3S. The summed E-state index contributed by atoms with van der Waals surface area (Å²) < 4.78 is 5.21. The summed E-state index contributed by atoms with van der Waals surface area (Å²) in [4.78, 5) is 29.1. The number of carbonyl (C=O) groups is 2. The van der Waals surface area contributed by atoms with Crippen LogP contribution in [0.25, 0.3) is 0 Å². The summed E-state index contributed by atoms with van der Waals surface area (Å²) in [6, 6.07) is 3.62. The van der Waals surface area contributed by atoms with Crippen molar-refractivity contribution in [2.75, 3.05) is 32.7 Å². The van der Waals surface area contributed by atoms with Crippen molar-refractivity contribution in [1.82, 2.24) is 20.3 Å². The van der Waals surface area contributed by atoms with Crippen molar-refractivity contribution in [3.05, 3.63) is 39.4 Å². The molecule has 0 unspecified atom stereocenters. The van der Waals surface area contributed by atoms with E-state index in [1.165, 1.54) is 11.3 Å². The number of rotatable bonds is 6. The molecule has 1 aliphatic rings. The highest BCUT2D eigenvalue weighted by atomic mass is 32.1. The molecule has 26 heavy (non-hydrogen) atoms. The smallest absolute Gasteiger partial charge is 0.261 e. The first-order valence-corrected chi connectivity index (χ1v) is 9.66. The van der Waals surface area contributed by atoms with Crippen LogP contribution in [-0.2, 0) is 11.3 Å². The number of hydrogen-bond acceptors (Lipinski definition) is 6. The van der Waals surface area contributed by atoms with E-state index in [2.05, 4.69) is 15.4 Å². The minimum absolute atomic E-state index is 0.0912. The van der Waals surface area contributed by atoms with Gasteiger partial charge < -0.3 is 14.7 Å². The highest BCUT2D eigenvalue weighted by Crippen LogP contribution is 2.16. The van der Waals surface area contributed by atoms with Crippen LogP contribution in [-0.4, -0.2) is 59.5 Å². The molecule has 3 rings (SSSR count). The lowest BCUT2D eigenvalue weighted by atomic mass is 10.1. The summed E-state index contributed by atoms with van der Waals surface area (Å²) in [5, 5.41) is 8.66. The maximum Gasteiger partial charge on any atom is 0.261 e. The summed E-state index contributed by atoms with van der Waals surface area (Å²) in [5.74, 6) is 0.841. The molecule has 0 saturated carbocycles. The topological polar surface area (TPSA) is 78.7 Å². The van der Waals surface area contributed by atoms with Crippen molar-refractivity contribution in [3.63, 3.8) is 0 Å². The van der Waals surface area contributed by atoms with E-state index >= 15 is 0 Å². The molecule has 8 heteroatoms. The average Bonchev–Trinajstić information content (AvgIpc) is 3.28. The first-order chi connectivity index (χ1) is 12.5. The summed E-state index contributed by atoms with van der Waals surface area (Å²) in [5.41, 5.74) is 2.07. The van der Waals surface area contributed by atoms with Crippen LogP contribution < -0.4 is 5.32 Å². The van der Waals surface area contributed by atoms with Gasteiger partial charge in [0.15, 0.2) is 0 Å². The van der Waals surface area contributed by atoms with Gasteiger partial charge in [-0.3, -0.25) is 14.5 Å². The molecule has 7 nitrogen and oxygen atoms in total. The molecule has 2 aromatic heterocycles. The Balaban J connectivity index is 1.39. The summed E-state index contributed by atoms with van der Waals surface area (Å²) in [7, 11) is 0. The van der Waals surface area contributed by atoms with E-state index in [1.54, 1.807) is 6.07 Å². The number of amides is 2. The van der Waals surface area contributed by atoms with E-state index in [0.29, 0.717) is 30.9 Å². The van der Waals surface area contributed by atoms with Gasteiger partial charge in [0.1, 0.15) is 5.76 Å². The Morgan fingerprint density at radius 3 is 2.65 bits per heavy atom. The first kappa shape index (κ1) is 18.6. The Morgan fingerprint density at radius 2 is 2.04 bits per heavy atom. The molecule has 0 bridgehead atoms. The van der Waals surface area contributed by atoms with E-state index < -0.39 is 0 Å². The van der Waals surface area contributed by atoms with Gasteiger partial charge in [-0.15, -0.1) is 11.3 Å². The molecule has 0 spiro atoms. The lowest BCUT2D eigenvalue weighted by molar-refractivity contribution is -0.132. The molecular weight excluding hydrogens is 352 g/mol. The van der Waals surface area contributed by atoms with Gasteiger partial charge in [-0.05, 0) is 25.3 Å². The number of hydrogen-bond donors (Lipinski definition) is 1. The molecule has 0 atom stereocenters. The van der Waals surface area contributed by atoms with Gasteiger partial charge in [-0.2, -0.15) is 0 Å². The average molecular weight is 376 g/mol. The standard InChI is InChI=1S/C18H24N4O3S/c1-13-15(14(2)25-20-13)12-21-7-9-22(10-8-21)17(23)5-6-19-18(24)16-4-3-11-26-16/h3-4,11H,5-10,12H2,1-2H3,(H,19,24). The van der Waals surface area contributed by atoms with Crippen LogP contribution >= 0.6 is 11.3 Å². The quantitative estimate of drug-likeness (QED) is 0.832. The lowest BCUT2D eigenvalue weighted by Gasteiger charge is -2.34. The monoisotopic (exact) mass is 376 g/mol. The van der Waals surface area contributed by atoms with E-state index in [4.69, 9.17) is 4.52 Å². The van der Waals surface area contributed by atoms with Crippen molar-refractivity contribution in [2.24, 2.45) is 0 Å². The predicted molar refractivity (Wildman–Crippen MR) is 99.1 cm³/mol. The van der Waals surface area contributed by atoms with Gasteiger partial charge in [0.25, 0.3) is 5.91 Å². The fourth-order valence-electron chi connectivity index (χ4n) is 3.04. The van der Waals surface area contributed by atoms with Crippen molar-refractivity contribution in [2.45, 2.75) is 26.8 Å². The van der Waals surface area contributed by atoms with E-state index in [1.807, 2.05) is 30.2 Å². The SMILES string of the molecule is Cc1noc(C)c1CN1CCN(C(=O)CCNC(=O)c2cccs2)CC1. The number of thiophene rings is 1. The van der Waals surface area contributed by atoms with Crippen LogP contribution in [0.1, 0.15) is 33.1 Å². The fraction of sp³-hybridized carbons (Fsp3) is 0.500. The Hall–Kier alpha value is -2.19. The van der Waals surface area contributed by atoms with E-state index in [0.717, 1.165) is 36.7 Å². The Labute approximate surface area is 156 Å². The normalized spacial score (nSPS) is 15.2. The molecule has 0 aromatic carbocycles. The Kier molecular flexibility index (Phi) is 6.05. The minimum atomic E-state index is -0.114. The van der Waals surface area contributed by atoms with Crippen LogP contribution in [0.3, 0.4) is 0 Å². The zero-order valence-electron chi connectivity index (χ0n) is 15.2. The number of aryl methyl sites for hydroxylation is 2. The minimum Gasteiger partial charge on any atom is -0.361 e. The third kappa shape index (κ3) is 4.50. The lowest BCUT2D eigenvalue weighted by Crippen LogP contribution is -2.48. The molecule has 3 heterocycles. The first-order valence-electron chi connectivity index (χ1n) is 8.78. The molecule has 2 aromatic rings. The van der Waals surface area contributed by atoms with Crippen LogP contribution in [0.15, 0.2) is 22.0 Å². The van der Waals surface area contributed by atoms with Gasteiger partial charge in [-0.25, -0.2) is 0 Å². The molecule has 140 valence electrons. The number of carbonyl (C=O) groups excluding carboxylic acids is 2. The van der Waals surface area contributed by atoms with Gasteiger partial charge >= 0.3 is 0 Å². The van der Waals surface area contributed by atoms with Gasteiger partial charge in [0, 0.05) is 51.3 Å². The molecule has 1 aliphatic heterocycles. The van der Waals surface area contributed by atoms with E-state index in [-0.39, 0.29) is 11.8 Å². The molecule has 1 saturated heterocycles. The second kappa shape index (κ2) is 8.46. The maximum absolute atomic E-state index is 12.3. The van der Waals surface area contributed by atoms with Gasteiger partial charge in [-0.1, -0.05) is 11.2 Å². The van der Waals surface area contributed by atoms with Crippen LogP contribution in [0.4, 0.5) is 0 Å². The van der Waals surface area contributed by atoms with Gasteiger partial charge in [0.05, 0.1) is 10.6 Å². The zero-order valence-corrected chi connectivity index (χ0v) is 16.0. The van der Waals surface area contributed by atoms with Crippen molar-refractivity contribution in [1.29, 1.82) is 0 Å². The third-order valence-electron chi connectivity index (χ3n) is 4.66. The predicted octanol–water partition coefficient (Wildman–Crippen LogP) is 1.82. The highest BCUT2D eigenvalue weighted by Gasteiger charge is 2.22. The number of nitrogens with zero attached hydrogens (tertiary/aromatic N) is 3. The Bertz CT molecular complexity index is 729. The third-order valence-corrected chi connectivity index (χ3v) is 5.53. The van der Waals surface area contributed by atoms with E-state index in [9.17, 15) is 9.59 Å². The van der Waals surface area contributed by atoms with Crippen molar-refractivity contribution < 1.29 is 14.1 Å². The second-order valence-corrected chi connectivity index (χ2v) is 7.39. The highest BCUT2D eigenvalue weighted by molar-refractivity contribution is 7.12. The second-order valence-electron chi connectivity index (χ2n) is 6.44.